The Balaban J connectivity index is 1.41. The maximum absolute atomic E-state index is 12.5. The van der Waals surface area contributed by atoms with Gasteiger partial charge in [-0.05, 0) is 43.3 Å². The summed E-state index contributed by atoms with van der Waals surface area (Å²) < 4.78 is 29.2. The van der Waals surface area contributed by atoms with Gasteiger partial charge >= 0.3 is 0 Å². The third-order valence-corrected chi connectivity index (χ3v) is 7.23. The van der Waals surface area contributed by atoms with E-state index in [1.807, 2.05) is 42.0 Å². The number of rotatable bonds is 7. The first-order valence-corrected chi connectivity index (χ1v) is 12.1. The van der Waals surface area contributed by atoms with Crippen molar-refractivity contribution in [3.8, 4) is 0 Å². The smallest absolute Gasteiger partial charge is 0.263 e. The average molecular weight is 475 g/mol. The fourth-order valence-corrected chi connectivity index (χ4v) is 5.35. The van der Waals surface area contributed by atoms with E-state index in [9.17, 15) is 13.2 Å². The van der Waals surface area contributed by atoms with Crippen LogP contribution in [0.5, 0.6) is 0 Å². The Bertz CT molecular complexity index is 1320. The number of sulfonamides is 1. The van der Waals surface area contributed by atoms with Crippen LogP contribution in [-0.2, 0) is 14.8 Å². The molecule has 160 valence electrons. The molecule has 4 rings (SSSR count). The summed E-state index contributed by atoms with van der Waals surface area (Å²) in [5.41, 5.74) is 1.41. The van der Waals surface area contributed by atoms with Crippen LogP contribution in [0.1, 0.15) is 19.4 Å². The highest BCUT2D eigenvalue weighted by Crippen LogP contribution is 2.28. The zero-order valence-corrected chi connectivity index (χ0v) is 18.8. The standard InChI is InChI=1S/C21H19ClN4O3S2/c1-14(26-11-9-15-3-2-4-18(22)20(15)26)13-19(27)24-16-5-7-17(8-6-16)31(28,29)25-21-23-10-12-30-21/h2-12,14H,13H2,1H3,(H,23,25)(H,24,27). The molecule has 1 unspecified atom stereocenters. The zero-order chi connectivity index (χ0) is 22.0. The highest BCUT2D eigenvalue weighted by Gasteiger charge is 2.17. The van der Waals surface area contributed by atoms with Gasteiger partial charge in [0.15, 0.2) is 5.13 Å². The maximum atomic E-state index is 12.5. The monoisotopic (exact) mass is 474 g/mol. The lowest BCUT2D eigenvalue weighted by Crippen LogP contribution is -2.17. The summed E-state index contributed by atoms with van der Waals surface area (Å²) in [5.74, 6) is -0.182. The van der Waals surface area contributed by atoms with E-state index in [1.54, 1.807) is 17.5 Å². The number of halogens is 1. The molecule has 0 aliphatic rings. The molecular weight excluding hydrogens is 456 g/mol. The normalized spacial score (nSPS) is 12.6. The summed E-state index contributed by atoms with van der Waals surface area (Å²) in [5, 5.41) is 6.44. The second kappa shape index (κ2) is 8.70. The number of para-hydroxylation sites is 1. The lowest BCUT2D eigenvalue weighted by Gasteiger charge is -2.16. The van der Waals surface area contributed by atoms with Crippen LogP contribution in [0.15, 0.2) is 71.2 Å². The molecule has 10 heteroatoms. The number of carbonyl (C=O) groups is 1. The summed E-state index contributed by atoms with van der Waals surface area (Å²) in [4.78, 5) is 16.5. The van der Waals surface area contributed by atoms with Crippen LogP contribution in [0, 0.1) is 0 Å². The molecule has 2 aromatic carbocycles. The Morgan fingerprint density at radius 2 is 1.97 bits per heavy atom. The van der Waals surface area contributed by atoms with Gasteiger partial charge < -0.3 is 9.88 Å². The number of anilines is 2. The fraction of sp³-hybridized carbons (Fsp3) is 0.143. The van der Waals surface area contributed by atoms with E-state index in [2.05, 4.69) is 15.0 Å². The predicted octanol–water partition coefficient (Wildman–Crippen LogP) is 5.14. The molecule has 0 aliphatic heterocycles. The Labute approximate surface area is 188 Å². The van der Waals surface area contributed by atoms with Crippen molar-refractivity contribution in [2.75, 3.05) is 10.0 Å². The van der Waals surface area contributed by atoms with Crippen LogP contribution in [0.4, 0.5) is 10.8 Å². The van der Waals surface area contributed by atoms with Crippen LogP contribution in [0.25, 0.3) is 10.9 Å². The summed E-state index contributed by atoms with van der Waals surface area (Å²) >= 11 is 7.52. The first-order valence-electron chi connectivity index (χ1n) is 9.41. The van der Waals surface area contributed by atoms with Gasteiger partial charge in [0.25, 0.3) is 10.0 Å². The number of fused-ring (bicyclic) bond motifs is 1. The molecular formula is C21H19ClN4O3S2. The van der Waals surface area contributed by atoms with Crippen LogP contribution >= 0.6 is 22.9 Å². The molecule has 0 aliphatic carbocycles. The van der Waals surface area contributed by atoms with Gasteiger partial charge in [0.2, 0.25) is 5.91 Å². The van der Waals surface area contributed by atoms with Crippen molar-refractivity contribution in [1.82, 2.24) is 9.55 Å². The molecule has 0 spiro atoms. The predicted molar refractivity (Wildman–Crippen MR) is 124 cm³/mol. The highest BCUT2D eigenvalue weighted by atomic mass is 35.5. The quantitative estimate of drug-likeness (QED) is 0.387. The summed E-state index contributed by atoms with van der Waals surface area (Å²) in [6.45, 7) is 1.95. The van der Waals surface area contributed by atoms with Gasteiger partial charge in [-0.15, -0.1) is 11.3 Å². The van der Waals surface area contributed by atoms with Gasteiger partial charge in [0.1, 0.15) is 0 Å². The van der Waals surface area contributed by atoms with E-state index in [4.69, 9.17) is 11.6 Å². The van der Waals surface area contributed by atoms with Crippen molar-refractivity contribution < 1.29 is 13.2 Å². The number of amides is 1. The summed E-state index contributed by atoms with van der Waals surface area (Å²) in [6, 6.07) is 13.5. The fourth-order valence-electron chi connectivity index (χ4n) is 3.29. The molecule has 2 N–H and O–H groups in total. The van der Waals surface area contributed by atoms with Crippen LogP contribution in [-0.4, -0.2) is 23.9 Å². The molecule has 0 bridgehead atoms. The molecule has 1 amide bonds. The van der Waals surface area contributed by atoms with Crippen molar-refractivity contribution in [3.05, 3.63) is 71.3 Å². The van der Waals surface area contributed by atoms with Gasteiger partial charge in [-0.2, -0.15) is 0 Å². The molecule has 2 aromatic heterocycles. The Kier molecular flexibility index (Phi) is 5.99. The number of hydrogen-bond donors (Lipinski definition) is 2. The van der Waals surface area contributed by atoms with E-state index in [0.717, 1.165) is 10.9 Å². The van der Waals surface area contributed by atoms with Crippen LogP contribution < -0.4 is 10.0 Å². The second-order valence-corrected chi connectivity index (χ2v) is 9.95. The van der Waals surface area contributed by atoms with Gasteiger partial charge in [-0.25, -0.2) is 13.4 Å². The Hall–Kier alpha value is -2.88. The third-order valence-electron chi connectivity index (χ3n) is 4.75. The molecule has 0 saturated heterocycles. The minimum atomic E-state index is -3.73. The second-order valence-electron chi connectivity index (χ2n) is 6.97. The summed E-state index contributed by atoms with van der Waals surface area (Å²) in [6.07, 6.45) is 3.68. The average Bonchev–Trinajstić information content (AvgIpc) is 3.38. The van der Waals surface area contributed by atoms with Gasteiger partial charge in [-0.1, -0.05) is 23.7 Å². The number of thiazole rings is 1. The van der Waals surface area contributed by atoms with Crippen LogP contribution in [0.2, 0.25) is 5.02 Å². The molecule has 4 aromatic rings. The molecule has 0 radical (unpaired) electrons. The molecule has 7 nitrogen and oxygen atoms in total. The molecule has 0 saturated carbocycles. The number of hydrogen-bond acceptors (Lipinski definition) is 5. The number of benzene rings is 2. The van der Waals surface area contributed by atoms with E-state index < -0.39 is 10.0 Å². The minimum Gasteiger partial charge on any atom is -0.343 e. The summed E-state index contributed by atoms with van der Waals surface area (Å²) in [7, 11) is -3.73. The van der Waals surface area contributed by atoms with Crippen molar-refractivity contribution in [3.63, 3.8) is 0 Å². The highest BCUT2D eigenvalue weighted by molar-refractivity contribution is 7.93. The van der Waals surface area contributed by atoms with Gasteiger partial charge in [0.05, 0.1) is 15.4 Å². The van der Waals surface area contributed by atoms with Crippen molar-refractivity contribution in [1.29, 1.82) is 0 Å². The third kappa shape index (κ3) is 4.73. The van der Waals surface area contributed by atoms with E-state index in [1.165, 1.54) is 29.7 Å². The Morgan fingerprint density at radius 1 is 1.19 bits per heavy atom. The zero-order valence-electron chi connectivity index (χ0n) is 16.4. The van der Waals surface area contributed by atoms with Crippen molar-refractivity contribution >= 4 is 60.6 Å². The van der Waals surface area contributed by atoms with Crippen molar-refractivity contribution in [2.24, 2.45) is 0 Å². The van der Waals surface area contributed by atoms with Gasteiger partial charge in [-0.3, -0.25) is 9.52 Å². The minimum absolute atomic E-state index is 0.0857. The number of nitrogens with zero attached hydrogens (tertiary/aromatic N) is 2. The molecule has 2 heterocycles. The largest absolute Gasteiger partial charge is 0.343 e. The Morgan fingerprint density at radius 3 is 2.68 bits per heavy atom. The molecule has 31 heavy (non-hydrogen) atoms. The molecule has 0 fully saturated rings. The van der Waals surface area contributed by atoms with E-state index in [-0.39, 0.29) is 23.3 Å². The van der Waals surface area contributed by atoms with E-state index in [0.29, 0.717) is 15.8 Å². The van der Waals surface area contributed by atoms with Crippen LogP contribution in [0.3, 0.4) is 0 Å². The lowest BCUT2D eigenvalue weighted by atomic mass is 10.2. The maximum Gasteiger partial charge on any atom is 0.263 e. The first-order chi connectivity index (χ1) is 14.8. The lowest BCUT2D eigenvalue weighted by molar-refractivity contribution is -0.116. The number of aromatic nitrogens is 2. The number of nitrogens with one attached hydrogen (secondary N) is 2. The topological polar surface area (TPSA) is 93.1 Å². The number of carbonyl (C=O) groups excluding carboxylic acids is 1. The molecule has 1 atom stereocenters. The van der Waals surface area contributed by atoms with E-state index >= 15 is 0 Å². The van der Waals surface area contributed by atoms with Crippen molar-refractivity contribution in [2.45, 2.75) is 24.3 Å². The first kappa shape index (κ1) is 21.4. The van der Waals surface area contributed by atoms with Gasteiger partial charge in [0, 0.05) is 41.3 Å². The SMILES string of the molecule is CC(CC(=O)Nc1ccc(S(=O)(=O)Nc2nccs2)cc1)n1ccc2cccc(Cl)c21.